The molecule has 0 amide bonds. The highest BCUT2D eigenvalue weighted by Crippen LogP contribution is 2.11. The zero-order chi connectivity index (χ0) is 62.8. The van der Waals surface area contributed by atoms with E-state index in [2.05, 4.69) is 199 Å². The maximum atomic E-state index is 4.23. The average Bonchev–Trinajstić information content (AvgIpc) is 4.40. The highest BCUT2D eigenvalue weighted by Gasteiger charge is 1.99. The molecule has 0 aliphatic carbocycles. The summed E-state index contributed by atoms with van der Waals surface area (Å²) >= 11 is 0. The van der Waals surface area contributed by atoms with Gasteiger partial charge in [0.25, 0.3) is 0 Å². The number of aromatic nitrogens is 21. The minimum atomic E-state index is 0.979. The van der Waals surface area contributed by atoms with Crippen molar-refractivity contribution in [3.8, 4) is 0 Å². The number of fused-ring (bicyclic) bond motifs is 9. The lowest BCUT2D eigenvalue weighted by Crippen LogP contribution is -1.89. The molecule has 0 saturated carbocycles. The number of nitrogens with zero attached hydrogens (tertiary/aromatic N) is 21. The van der Waals surface area contributed by atoms with E-state index >= 15 is 0 Å². The van der Waals surface area contributed by atoms with Gasteiger partial charge in [-0.05, 0) is 194 Å². The molecule has 18 rings (SSSR count). The first-order valence-electron chi connectivity index (χ1n) is 28.9. The van der Waals surface area contributed by atoms with Gasteiger partial charge in [0, 0.05) is 103 Å². The van der Waals surface area contributed by atoms with Crippen molar-refractivity contribution in [3.63, 3.8) is 0 Å². The summed E-state index contributed by atoms with van der Waals surface area (Å²) in [5, 5.41) is 31.6. The van der Waals surface area contributed by atoms with E-state index in [1.807, 2.05) is 150 Å². The molecular weight excluding hydrogens is 1120 g/mol. The summed E-state index contributed by atoms with van der Waals surface area (Å²) in [6, 6.07) is 43.1. The maximum Gasteiger partial charge on any atom is 0.140 e. The minimum Gasteiger partial charge on any atom is -0.324 e. The second-order valence-electron chi connectivity index (χ2n) is 21.2. The molecule has 0 unspecified atom stereocenters. The fourth-order valence-corrected chi connectivity index (χ4v) is 9.53. The van der Waals surface area contributed by atoms with Crippen molar-refractivity contribution in [1.29, 1.82) is 0 Å². The van der Waals surface area contributed by atoms with Gasteiger partial charge < -0.3 is 22.0 Å². The highest BCUT2D eigenvalue weighted by atomic mass is 15.3. The van der Waals surface area contributed by atoms with Crippen LogP contribution in [0.5, 0.6) is 0 Å². The maximum absolute atomic E-state index is 4.23. The Labute approximate surface area is 519 Å². The number of hydrogen-bond acceptors (Lipinski definition) is 12. The van der Waals surface area contributed by atoms with Crippen molar-refractivity contribution in [2.45, 2.75) is 62.3 Å². The third-order valence-corrected chi connectivity index (χ3v) is 13.5. The van der Waals surface area contributed by atoms with Gasteiger partial charge in [-0.3, -0.25) is 9.97 Å². The summed E-state index contributed by atoms with van der Waals surface area (Å²) in [7, 11) is 0. The number of rotatable bonds is 0. The molecule has 21 heteroatoms. The molecule has 18 aromatic rings. The lowest BCUT2D eigenvalue weighted by atomic mass is 10.3. The molecule has 0 N–H and O–H groups in total. The molecule has 0 atom stereocenters. The smallest absolute Gasteiger partial charge is 0.140 e. The van der Waals surface area contributed by atoms with Crippen LogP contribution in [0.3, 0.4) is 0 Å². The first kappa shape index (κ1) is 61.1. The van der Waals surface area contributed by atoms with E-state index < -0.39 is 0 Å². The van der Waals surface area contributed by atoms with Gasteiger partial charge in [0.05, 0.1) is 87.0 Å². The quantitative estimate of drug-likeness (QED) is 0.140. The van der Waals surface area contributed by atoms with Gasteiger partial charge in [-0.25, -0.2) is 28.0 Å². The van der Waals surface area contributed by atoms with Crippen LogP contribution < -0.4 is 0 Å². The van der Waals surface area contributed by atoms with Gasteiger partial charge >= 0.3 is 0 Å². The van der Waals surface area contributed by atoms with Gasteiger partial charge in [0.15, 0.2) is 0 Å². The summed E-state index contributed by atoms with van der Waals surface area (Å²) < 4.78 is 17.4. The van der Waals surface area contributed by atoms with Crippen molar-refractivity contribution < 1.29 is 0 Å². The summed E-state index contributed by atoms with van der Waals surface area (Å²) in [4.78, 5) is 15.9. The molecule has 0 aliphatic heterocycles. The molecule has 21 nitrogen and oxygen atoms in total. The zero-order valence-electron chi connectivity index (χ0n) is 51.6. The molecule has 90 heavy (non-hydrogen) atoms. The molecule has 0 aromatic carbocycles. The minimum absolute atomic E-state index is 0.979. The van der Waals surface area contributed by atoms with Crippen molar-refractivity contribution in [3.05, 3.63) is 309 Å². The number of pyridine rings is 3. The Bertz CT molecular complexity index is 4050. The van der Waals surface area contributed by atoms with E-state index in [1.165, 1.54) is 44.5 Å². The zero-order valence-corrected chi connectivity index (χ0v) is 51.6. The summed E-state index contributed by atoms with van der Waals surface area (Å²) in [6.07, 6.45) is 39.1. The Kier molecular flexibility index (Phi) is 20.0. The molecule has 0 bridgehead atoms. The Morgan fingerprint density at radius 2 is 0.711 bits per heavy atom. The van der Waals surface area contributed by atoms with Crippen LogP contribution in [-0.4, -0.2) is 101 Å². The van der Waals surface area contributed by atoms with Crippen LogP contribution in [0.4, 0.5) is 0 Å². The number of hydrogen-bond donors (Lipinski definition) is 0. The first-order valence-corrected chi connectivity index (χ1v) is 28.9. The van der Waals surface area contributed by atoms with Crippen LogP contribution in [0, 0.1) is 62.3 Å². The van der Waals surface area contributed by atoms with E-state index in [0.29, 0.717) is 0 Å². The molecule has 18 aromatic heterocycles. The summed E-state index contributed by atoms with van der Waals surface area (Å²) in [5.74, 6) is 0. The van der Waals surface area contributed by atoms with E-state index in [1.54, 1.807) is 71.4 Å². The van der Waals surface area contributed by atoms with Crippen LogP contribution in [0.2, 0.25) is 0 Å². The van der Waals surface area contributed by atoms with E-state index in [4.69, 9.17) is 0 Å². The average molecular weight is 1190 g/mol. The Morgan fingerprint density at radius 1 is 0.267 bits per heavy atom. The van der Waals surface area contributed by atoms with Crippen molar-refractivity contribution >= 4 is 49.7 Å². The Hall–Kier alpha value is -12.0. The van der Waals surface area contributed by atoms with E-state index in [0.717, 1.165) is 55.9 Å². The lowest BCUT2D eigenvalue weighted by molar-refractivity contribution is 0.852. The molecule has 18 heterocycles. The third-order valence-electron chi connectivity index (χ3n) is 13.5. The fraction of sp³-hybridized carbons (Fsp3) is 0.130. The highest BCUT2D eigenvalue weighted by molar-refractivity contribution is 5.52. The van der Waals surface area contributed by atoms with Crippen molar-refractivity contribution in [1.82, 2.24) is 101 Å². The third kappa shape index (κ3) is 16.7. The molecule has 0 saturated heterocycles. The second kappa shape index (κ2) is 29.4. The van der Waals surface area contributed by atoms with Crippen molar-refractivity contribution in [2.24, 2.45) is 0 Å². The fourth-order valence-electron chi connectivity index (χ4n) is 9.53. The van der Waals surface area contributed by atoms with Gasteiger partial charge in [0.1, 0.15) is 19.0 Å². The molecule has 0 aliphatic rings. The van der Waals surface area contributed by atoms with E-state index in [-0.39, 0.29) is 0 Å². The van der Waals surface area contributed by atoms with Crippen LogP contribution in [-0.2, 0) is 0 Å². The standard InChI is InChI=1S/2C9H9N.3C8H8N2.3C7H7N3.C6H6N4/c1-8-5-6-9-4-2-3-7-10(8)9;1-8-6-9-4-2-3-5-10(9)7-8;1-7-4-8-5-9-2-3-10(8)6-7;1-7-4-8-2-3-9-6-10(8)5-7;1-7-6-8-4-2-3-5-10(8)9-7;1-6-2-7-3-8-9-5-10(7)4-6;1-6-4-7-5-8-2-3-10(7)9-6;1-6-4-7-2-3-8-5-10(7)9-6;1-5-2-6-3-7-8-4-10(6)9-5/h2*2-7H,1H3;3*2-6H,1H3;3*2-5H,1H3;2-4H,1H3. The molecule has 0 spiro atoms. The molecule has 0 radical (unpaired) electrons. The monoisotopic (exact) mass is 1190 g/mol. The van der Waals surface area contributed by atoms with Crippen LogP contribution in [0.1, 0.15) is 50.7 Å². The van der Waals surface area contributed by atoms with Crippen LogP contribution in [0.25, 0.3) is 49.7 Å². The van der Waals surface area contributed by atoms with Gasteiger partial charge in [-0.1, -0.05) is 18.2 Å². The predicted octanol–water partition coefficient (Wildman–Crippen LogP) is 13.0. The van der Waals surface area contributed by atoms with Gasteiger partial charge in [0.2, 0.25) is 0 Å². The van der Waals surface area contributed by atoms with Crippen molar-refractivity contribution in [2.75, 3.05) is 0 Å². The normalized spacial score (nSPS) is 10.5. The largest absolute Gasteiger partial charge is 0.324 e. The lowest BCUT2D eigenvalue weighted by Gasteiger charge is -1.93. The van der Waals surface area contributed by atoms with Gasteiger partial charge in [-0.2, -0.15) is 30.6 Å². The Balaban J connectivity index is 0.000000111. The summed E-state index contributed by atoms with van der Waals surface area (Å²) in [5.41, 5.74) is 20.7. The summed E-state index contributed by atoms with van der Waals surface area (Å²) in [6.45, 7) is 18.3. The SMILES string of the molecule is Cc1cc2ccccn2c1.Cc1cc2ccccn2n1.Cc1cc2ccncn2c1.Cc1cc2ccncn2n1.Cc1cc2cnccn2c1.Cc1cc2cnccn2n1.Cc1cc2cnncn2c1.Cc1cc2cnncn2n1.Cc1ccc2ccccn12. The topological polar surface area (TPSA) is 194 Å². The second-order valence-corrected chi connectivity index (χ2v) is 21.2. The molecule has 0 fully saturated rings. The van der Waals surface area contributed by atoms with Gasteiger partial charge in [-0.15, -0.1) is 10.2 Å². The number of aryl methyl sites for hydroxylation is 9. The van der Waals surface area contributed by atoms with Crippen LogP contribution >= 0.6 is 0 Å². The Morgan fingerprint density at radius 3 is 1.30 bits per heavy atom. The predicted molar refractivity (Wildman–Crippen MR) is 353 cm³/mol. The molecular formula is C69H69N21. The van der Waals surface area contributed by atoms with E-state index in [9.17, 15) is 0 Å². The first-order chi connectivity index (χ1) is 43.8. The molecule has 450 valence electrons. The van der Waals surface area contributed by atoms with Crippen LogP contribution in [0.15, 0.2) is 258 Å².